The second-order valence-electron chi connectivity index (χ2n) is 6.66. The van der Waals surface area contributed by atoms with Crippen molar-refractivity contribution in [2.45, 2.75) is 33.4 Å². The quantitative estimate of drug-likeness (QED) is 0.853. The monoisotopic (exact) mass is 307 g/mol. The van der Waals surface area contributed by atoms with Crippen molar-refractivity contribution in [1.82, 2.24) is 5.32 Å². The molecule has 0 amide bonds. The molecule has 120 valence electrons. The maximum atomic E-state index is 5.19. The van der Waals surface area contributed by atoms with Gasteiger partial charge in [0.05, 0.1) is 13.2 Å². The third kappa shape index (κ3) is 5.47. The third-order valence-electron chi connectivity index (χ3n) is 3.67. The van der Waals surface area contributed by atoms with E-state index in [9.17, 15) is 0 Å². The van der Waals surface area contributed by atoms with Gasteiger partial charge >= 0.3 is 0 Å². The maximum Gasteiger partial charge on any atom is 0.118 e. The van der Waals surface area contributed by atoms with Gasteiger partial charge in [0, 0.05) is 12.1 Å². The first-order chi connectivity index (χ1) is 11.0. The van der Waals surface area contributed by atoms with Crippen LogP contribution in [0, 0.1) is 17.3 Å². The molecule has 0 spiro atoms. The molecule has 1 N–H and O–H groups in total. The summed E-state index contributed by atoms with van der Waals surface area (Å²) < 4.78 is 5.19. The first kappa shape index (κ1) is 17.1. The van der Waals surface area contributed by atoms with Crippen LogP contribution in [0.2, 0.25) is 0 Å². The fourth-order valence-electron chi connectivity index (χ4n) is 2.21. The fourth-order valence-corrected chi connectivity index (χ4v) is 2.21. The number of methoxy groups -OCH3 is 1. The van der Waals surface area contributed by atoms with Crippen molar-refractivity contribution < 1.29 is 4.74 Å². The van der Waals surface area contributed by atoms with E-state index in [0.717, 1.165) is 17.9 Å². The molecule has 2 aromatic rings. The van der Waals surface area contributed by atoms with Gasteiger partial charge in [-0.2, -0.15) is 0 Å². The SMILES string of the molecule is COc1ccc(CN[C@@H](C#Cc2ccccc2)C(C)(C)C)cc1. The molecule has 2 nitrogen and oxygen atoms in total. The average molecular weight is 307 g/mol. The summed E-state index contributed by atoms with van der Waals surface area (Å²) in [6, 6.07) is 18.4. The molecular formula is C21H25NO. The van der Waals surface area contributed by atoms with Crippen LogP contribution in [0.25, 0.3) is 0 Å². The molecule has 0 aliphatic carbocycles. The first-order valence-corrected chi connectivity index (χ1v) is 7.92. The van der Waals surface area contributed by atoms with Gasteiger partial charge < -0.3 is 4.74 Å². The zero-order valence-corrected chi connectivity index (χ0v) is 14.4. The Morgan fingerprint density at radius 3 is 2.22 bits per heavy atom. The molecule has 23 heavy (non-hydrogen) atoms. The summed E-state index contributed by atoms with van der Waals surface area (Å²) in [5.74, 6) is 7.54. The number of hydrogen-bond donors (Lipinski definition) is 1. The van der Waals surface area contributed by atoms with Crippen LogP contribution in [0.1, 0.15) is 31.9 Å². The predicted molar refractivity (Wildman–Crippen MR) is 96.4 cm³/mol. The van der Waals surface area contributed by atoms with Crippen LogP contribution in [-0.4, -0.2) is 13.2 Å². The number of nitrogens with one attached hydrogen (secondary N) is 1. The van der Waals surface area contributed by atoms with E-state index in [2.05, 4.69) is 50.1 Å². The van der Waals surface area contributed by atoms with E-state index in [0.29, 0.717) is 0 Å². The summed E-state index contributed by atoms with van der Waals surface area (Å²) in [6.07, 6.45) is 0. The smallest absolute Gasteiger partial charge is 0.118 e. The molecule has 2 aromatic carbocycles. The van der Waals surface area contributed by atoms with E-state index in [1.165, 1.54) is 5.56 Å². The Morgan fingerprint density at radius 1 is 1.00 bits per heavy atom. The molecule has 0 saturated heterocycles. The molecular weight excluding hydrogens is 282 g/mol. The Hall–Kier alpha value is -2.24. The van der Waals surface area contributed by atoms with Crippen LogP contribution in [-0.2, 0) is 6.54 Å². The van der Waals surface area contributed by atoms with Crippen LogP contribution < -0.4 is 10.1 Å². The fraction of sp³-hybridized carbons (Fsp3) is 0.333. The average Bonchev–Trinajstić information content (AvgIpc) is 2.55. The van der Waals surface area contributed by atoms with Crippen molar-refractivity contribution in [3.63, 3.8) is 0 Å². The van der Waals surface area contributed by atoms with E-state index < -0.39 is 0 Å². The Bertz CT molecular complexity index is 657. The summed E-state index contributed by atoms with van der Waals surface area (Å²) in [5.41, 5.74) is 2.34. The minimum absolute atomic E-state index is 0.0637. The highest BCUT2D eigenvalue weighted by atomic mass is 16.5. The molecule has 0 aliphatic rings. The van der Waals surface area contributed by atoms with Gasteiger partial charge in [0.1, 0.15) is 5.75 Å². The molecule has 2 rings (SSSR count). The van der Waals surface area contributed by atoms with Crippen molar-refractivity contribution >= 4 is 0 Å². The molecule has 0 bridgehead atoms. The molecule has 0 saturated carbocycles. The zero-order chi connectivity index (χ0) is 16.7. The van der Waals surface area contributed by atoms with Crippen molar-refractivity contribution in [3.8, 4) is 17.6 Å². The highest BCUT2D eigenvalue weighted by Gasteiger charge is 2.22. The lowest BCUT2D eigenvalue weighted by molar-refractivity contribution is 0.321. The molecule has 0 aliphatic heterocycles. The topological polar surface area (TPSA) is 21.3 Å². The number of benzene rings is 2. The Balaban J connectivity index is 2.06. The van der Waals surface area contributed by atoms with Gasteiger partial charge in [-0.05, 0) is 35.2 Å². The van der Waals surface area contributed by atoms with Crippen LogP contribution in [0.4, 0.5) is 0 Å². The van der Waals surface area contributed by atoms with Gasteiger partial charge in [0.2, 0.25) is 0 Å². The lowest BCUT2D eigenvalue weighted by Gasteiger charge is -2.27. The van der Waals surface area contributed by atoms with E-state index in [-0.39, 0.29) is 11.5 Å². The van der Waals surface area contributed by atoms with Crippen molar-refractivity contribution in [2.24, 2.45) is 5.41 Å². The van der Waals surface area contributed by atoms with E-state index in [1.54, 1.807) is 7.11 Å². The molecule has 0 unspecified atom stereocenters. The lowest BCUT2D eigenvalue weighted by Crippen LogP contribution is -2.38. The summed E-state index contributed by atoms with van der Waals surface area (Å²) in [7, 11) is 1.68. The number of rotatable bonds is 4. The summed E-state index contributed by atoms with van der Waals surface area (Å²) in [5, 5.41) is 3.57. The standard InChI is InChI=1S/C21H25NO/c1-21(2,3)20(15-12-17-8-6-5-7-9-17)22-16-18-10-13-19(23-4)14-11-18/h5-11,13-14,20,22H,16H2,1-4H3/t20-/m0/s1. The lowest BCUT2D eigenvalue weighted by atomic mass is 9.87. The van der Waals surface area contributed by atoms with Crippen molar-refractivity contribution in [2.75, 3.05) is 7.11 Å². The van der Waals surface area contributed by atoms with Gasteiger partial charge in [-0.25, -0.2) is 0 Å². The molecule has 2 heteroatoms. The van der Waals surface area contributed by atoms with Crippen molar-refractivity contribution in [3.05, 3.63) is 65.7 Å². The van der Waals surface area contributed by atoms with Gasteiger partial charge in [0.25, 0.3) is 0 Å². The van der Waals surface area contributed by atoms with E-state index >= 15 is 0 Å². The zero-order valence-electron chi connectivity index (χ0n) is 14.4. The van der Waals surface area contributed by atoms with Gasteiger partial charge in [-0.15, -0.1) is 0 Å². The highest BCUT2D eigenvalue weighted by molar-refractivity contribution is 5.35. The second-order valence-corrected chi connectivity index (χ2v) is 6.66. The van der Waals surface area contributed by atoms with Crippen LogP contribution in [0.15, 0.2) is 54.6 Å². The largest absolute Gasteiger partial charge is 0.497 e. The van der Waals surface area contributed by atoms with Gasteiger partial charge in [0.15, 0.2) is 0 Å². The maximum absolute atomic E-state index is 5.19. The molecule has 1 atom stereocenters. The summed E-state index contributed by atoms with van der Waals surface area (Å²) in [6.45, 7) is 7.41. The van der Waals surface area contributed by atoms with Gasteiger partial charge in [-0.3, -0.25) is 5.32 Å². The van der Waals surface area contributed by atoms with Crippen LogP contribution >= 0.6 is 0 Å². The number of ether oxygens (including phenoxy) is 1. The van der Waals surface area contributed by atoms with Gasteiger partial charge in [-0.1, -0.05) is 62.9 Å². The van der Waals surface area contributed by atoms with Crippen molar-refractivity contribution in [1.29, 1.82) is 0 Å². The molecule has 0 fully saturated rings. The third-order valence-corrected chi connectivity index (χ3v) is 3.67. The Labute approximate surface area is 139 Å². The minimum atomic E-state index is 0.0637. The van der Waals surface area contributed by atoms with Crippen LogP contribution in [0.5, 0.6) is 5.75 Å². The predicted octanol–water partition coefficient (Wildman–Crippen LogP) is 4.25. The molecule has 0 radical (unpaired) electrons. The molecule has 0 aromatic heterocycles. The normalized spacial score (nSPS) is 12.2. The summed E-state index contributed by atoms with van der Waals surface area (Å²) >= 11 is 0. The van der Waals surface area contributed by atoms with E-state index in [1.807, 2.05) is 42.5 Å². The minimum Gasteiger partial charge on any atom is -0.497 e. The van der Waals surface area contributed by atoms with E-state index in [4.69, 9.17) is 4.74 Å². The highest BCUT2D eigenvalue weighted by Crippen LogP contribution is 2.20. The first-order valence-electron chi connectivity index (χ1n) is 7.92. The Morgan fingerprint density at radius 2 is 1.65 bits per heavy atom. The Kier molecular flexibility index (Phi) is 5.84. The van der Waals surface area contributed by atoms with Crippen LogP contribution in [0.3, 0.4) is 0 Å². The molecule has 0 heterocycles. The number of hydrogen-bond acceptors (Lipinski definition) is 2. The summed E-state index contributed by atoms with van der Waals surface area (Å²) in [4.78, 5) is 0. The second kappa shape index (κ2) is 7.85.